The van der Waals surface area contributed by atoms with Gasteiger partial charge in [0.05, 0.1) is 0 Å². The summed E-state index contributed by atoms with van der Waals surface area (Å²) in [6.45, 7) is 0.821. The summed E-state index contributed by atoms with van der Waals surface area (Å²) in [5.41, 5.74) is 1.05. The van der Waals surface area contributed by atoms with Crippen molar-refractivity contribution in [3.05, 3.63) is 71.7 Å². The minimum absolute atomic E-state index is 0.226. The maximum atomic E-state index is 12.1. The molecule has 0 radical (unpaired) electrons. The van der Waals surface area contributed by atoms with Crippen LogP contribution in [0.3, 0.4) is 0 Å². The average Bonchev–Trinajstić information content (AvgIpc) is 3.01. The van der Waals surface area contributed by atoms with Crippen LogP contribution in [0.2, 0.25) is 0 Å². The summed E-state index contributed by atoms with van der Waals surface area (Å²) in [7, 11) is 1.59. The standard InChI is InChI=1S/C18H17NO3/c1-21-12-16-8-9-17(22-16)18(20)19-11-13-6-7-14-4-2-3-5-15(14)10-13/h2-10H,11-12H2,1H3,(H,19,20). The number of ether oxygens (including phenoxy) is 1. The molecule has 0 fully saturated rings. The van der Waals surface area contributed by atoms with Crippen molar-refractivity contribution in [2.45, 2.75) is 13.2 Å². The summed E-state index contributed by atoms with van der Waals surface area (Å²) in [5.74, 6) is 0.710. The molecule has 1 amide bonds. The van der Waals surface area contributed by atoms with E-state index >= 15 is 0 Å². The van der Waals surface area contributed by atoms with Gasteiger partial charge >= 0.3 is 0 Å². The zero-order valence-corrected chi connectivity index (χ0v) is 12.3. The second kappa shape index (κ2) is 6.45. The Kier molecular flexibility index (Phi) is 4.21. The third-order valence-corrected chi connectivity index (χ3v) is 3.44. The van der Waals surface area contributed by atoms with Gasteiger partial charge in [-0.2, -0.15) is 0 Å². The first kappa shape index (κ1) is 14.4. The monoisotopic (exact) mass is 295 g/mol. The number of amides is 1. The first-order chi connectivity index (χ1) is 10.8. The Morgan fingerprint density at radius 3 is 2.73 bits per heavy atom. The third kappa shape index (κ3) is 3.18. The highest BCUT2D eigenvalue weighted by Crippen LogP contribution is 2.16. The van der Waals surface area contributed by atoms with Crippen LogP contribution in [0.5, 0.6) is 0 Å². The summed E-state index contributed by atoms with van der Waals surface area (Å²) in [5, 5.41) is 5.21. The van der Waals surface area contributed by atoms with Gasteiger partial charge in [-0.15, -0.1) is 0 Å². The number of benzene rings is 2. The SMILES string of the molecule is COCc1ccc(C(=O)NCc2ccc3ccccc3c2)o1. The Labute approximate surface area is 128 Å². The van der Waals surface area contributed by atoms with E-state index in [1.807, 2.05) is 18.2 Å². The number of nitrogens with one attached hydrogen (secondary N) is 1. The number of furan rings is 1. The molecule has 0 aliphatic rings. The minimum Gasteiger partial charge on any atom is -0.453 e. The molecule has 1 aromatic heterocycles. The maximum absolute atomic E-state index is 12.1. The van der Waals surface area contributed by atoms with Crippen LogP contribution < -0.4 is 5.32 Å². The summed E-state index contributed by atoms with van der Waals surface area (Å²) < 4.78 is 10.4. The lowest BCUT2D eigenvalue weighted by atomic mass is 10.1. The molecule has 0 spiro atoms. The fourth-order valence-corrected chi connectivity index (χ4v) is 2.34. The molecule has 0 atom stereocenters. The summed E-state index contributed by atoms with van der Waals surface area (Å²) in [4.78, 5) is 12.1. The van der Waals surface area contributed by atoms with E-state index in [1.165, 1.54) is 5.39 Å². The number of hydrogen-bond acceptors (Lipinski definition) is 3. The number of carbonyl (C=O) groups is 1. The first-order valence-electron chi connectivity index (χ1n) is 7.10. The number of methoxy groups -OCH3 is 1. The van der Waals surface area contributed by atoms with Gasteiger partial charge < -0.3 is 14.5 Å². The molecule has 0 saturated carbocycles. The molecular weight excluding hydrogens is 278 g/mol. The van der Waals surface area contributed by atoms with Gasteiger partial charge in [0.1, 0.15) is 12.4 Å². The van der Waals surface area contributed by atoms with E-state index in [9.17, 15) is 4.79 Å². The van der Waals surface area contributed by atoms with Gasteiger partial charge in [0.25, 0.3) is 5.91 Å². The van der Waals surface area contributed by atoms with Gasteiger partial charge in [-0.3, -0.25) is 4.79 Å². The highest BCUT2D eigenvalue weighted by Gasteiger charge is 2.10. The quantitative estimate of drug-likeness (QED) is 0.783. The van der Waals surface area contributed by atoms with E-state index in [2.05, 4.69) is 29.6 Å². The molecule has 0 unspecified atom stereocenters. The summed E-state index contributed by atoms with van der Waals surface area (Å²) >= 11 is 0. The lowest BCUT2D eigenvalue weighted by Crippen LogP contribution is -2.22. The minimum atomic E-state index is -0.226. The highest BCUT2D eigenvalue weighted by molar-refractivity contribution is 5.91. The maximum Gasteiger partial charge on any atom is 0.287 e. The Bertz CT molecular complexity index is 792. The first-order valence-corrected chi connectivity index (χ1v) is 7.10. The van der Waals surface area contributed by atoms with E-state index in [4.69, 9.17) is 9.15 Å². The molecule has 2 aromatic carbocycles. The molecule has 0 bridgehead atoms. The van der Waals surface area contributed by atoms with Crippen LogP contribution in [0.15, 0.2) is 59.0 Å². The predicted octanol–water partition coefficient (Wildman–Crippen LogP) is 3.51. The van der Waals surface area contributed by atoms with E-state index < -0.39 is 0 Å². The Hall–Kier alpha value is -2.59. The molecule has 0 aliphatic heterocycles. The molecule has 3 rings (SSSR count). The molecule has 0 saturated heterocycles. The molecule has 1 N–H and O–H groups in total. The van der Waals surface area contributed by atoms with Crippen LogP contribution in [0, 0.1) is 0 Å². The Balaban J connectivity index is 1.66. The second-order valence-corrected chi connectivity index (χ2v) is 5.06. The molecule has 4 heteroatoms. The normalized spacial score (nSPS) is 10.8. The zero-order chi connectivity index (χ0) is 15.4. The number of fused-ring (bicyclic) bond motifs is 1. The van der Waals surface area contributed by atoms with Crippen molar-refractivity contribution in [3.8, 4) is 0 Å². The van der Waals surface area contributed by atoms with E-state index in [1.54, 1.807) is 19.2 Å². The van der Waals surface area contributed by atoms with E-state index in [-0.39, 0.29) is 5.91 Å². The number of rotatable bonds is 5. The molecule has 4 nitrogen and oxygen atoms in total. The Morgan fingerprint density at radius 2 is 1.91 bits per heavy atom. The van der Waals surface area contributed by atoms with Gasteiger partial charge in [0.2, 0.25) is 0 Å². The molecular formula is C18H17NO3. The molecule has 3 aromatic rings. The largest absolute Gasteiger partial charge is 0.453 e. The van der Waals surface area contributed by atoms with Crippen LogP contribution >= 0.6 is 0 Å². The number of carbonyl (C=O) groups excluding carboxylic acids is 1. The van der Waals surface area contributed by atoms with Crippen LogP contribution in [-0.2, 0) is 17.9 Å². The van der Waals surface area contributed by atoms with Gasteiger partial charge in [-0.05, 0) is 34.5 Å². The smallest absolute Gasteiger partial charge is 0.287 e. The van der Waals surface area contributed by atoms with Crippen molar-refractivity contribution in [3.63, 3.8) is 0 Å². The topological polar surface area (TPSA) is 51.5 Å². The van der Waals surface area contributed by atoms with Gasteiger partial charge in [-0.25, -0.2) is 0 Å². The van der Waals surface area contributed by atoms with E-state index in [0.29, 0.717) is 24.7 Å². The van der Waals surface area contributed by atoms with Crippen molar-refractivity contribution in [1.82, 2.24) is 5.32 Å². The van der Waals surface area contributed by atoms with Crippen LogP contribution in [0.25, 0.3) is 10.8 Å². The molecule has 1 heterocycles. The van der Waals surface area contributed by atoms with Crippen molar-refractivity contribution in [2.24, 2.45) is 0 Å². The lowest BCUT2D eigenvalue weighted by molar-refractivity contribution is 0.0914. The van der Waals surface area contributed by atoms with Crippen LogP contribution in [-0.4, -0.2) is 13.0 Å². The van der Waals surface area contributed by atoms with Crippen molar-refractivity contribution < 1.29 is 13.9 Å². The van der Waals surface area contributed by atoms with Gasteiger partial charge in [0.15, 0.2) is 5.76 Å². The second-order valence-electron chi connectivity index (χ2n) is 5.06. The Morgan fingerprint density at radius 1 is 1.09 bits per heavy atom. The van der Waals surface area contributed by atoms with Crippen LogP contribution in [0.1, 0.15) is 21.9 Å². The summed E-state index contributed by atoms with van der Waals surface area (Å²) in [6.07, 6.45) is 0. The highest BCUT2D eigenvalue weighted by atomic mass is 16.5. The summed E-state index contributed by atoms with van der Waals surface area (Å²) in [6, 6.07) is 17.7. The van der Waals surface area contributed by atoms with Crippen LogP contribution in [0.4, 0.5) is 0 Å². The lowest BCUT2D eigenvalue weighted by Gasteiger charge is -2.05. The van der Waals surface area contributed by atoms with Gasteiger partial charge in [-0.1, -0.05) is 36.4 Å². The molecule has 22 heavy (non-hydrogen) atoms. The molecule has 112 valence electrons. The van der Waals surface area contributed by atoms with Crippen molar-refractivity contribution in [2.75, 3.05) is 7.11 Å². The van der Waals surface area contributed by atoms with Crippen molar-refractivity contribution >= 4 is 16.7 Å². The molecule has 0 aliphatic carbocycles. The predicted molar refractivity (Wildman–Crippen MR) is 84.5 cm³/mol. The average molecular weight is 295 g/mol. The third-order valence-electron chi connectivity index (χ3n) is 3.44. The fraction of sp³-hybridized carbons (Fsp3) is 0.167. The number of hydrogen-bond donors (Lipinski definition) is 1. The van der Waals surface area contributed by atoms with E-state index in [0.717, 1.165) is 10.9 Å². The fourth-order valence-electron chi connectivity index (χ4n) is 2.34. The van der Waals surface area contributed by atoms with Crippen molar-refractivity contribution in [1.29, 1.82) is 0 Å². The zero-order valence-electron chi connectivity index (χ0n) is 12.3. The van der Waals surface area contributed by atoms with Gasteiger partial charge in [0, 0.05) is 13.7 Å².